The minimum absolute atomic E-state index is 0.0196. The Labute approximate surface area is 203 Å². The number of halogens is 2. The number of phenols is 1. The number of aromatic nitrogens is 1. The Morgan fingerprint density at radius 2 is 1.91 bits per heavy atom. The van der Waals surface area contributed by atoms with Crippen LogP contribution >= 0.6 is 31.9 Å². The molecule has 164 valence electrons. The van der Waals surface area contributed by atoms with Crippen molar-refractivity contribution in [2.75, 3.05) is 7.11 Å². The molecular formula is C25H22Br2N2O3. The highest BCUT2D eigenvalue weighted by atomic mass is 79.9. The van der Waals surface area contributed by atoms with Gasteiger partial charge in [0, 0.05) is 20.7 Å². The van der Waals surface area contributed by atoms with Crippen LogP contribution in [0, 0.1) is 0 Å². The molecule has 0 radical (unpaired) electrons. The van der Waals surface area contributed by atoms with Crippen molar-refractivity contribution in [1.29, 1.82) is 0 Å². The van der Waals surface area contributed by atoms with Gasteiger partial charge >= 0.3 is 0 Å². The summed E-state index contributed by atoms with van der Waals surface area (Å²) < 4.78 is 12.6. The Hall–Kier alpha value is -2.64. The highest BCUT2D eigenvalue weighted by Gasteiger charge is 2.14. The van der Waals surface area contributed by atoms with Crippen LogP contribution < -0.4 is 4.74 Å². The first-order valence-electron chi connectivity index (χ1n) is 10.2. The average molecular weight is 558 g/mol. The van der Waals surface area contributed by atoms with Crippen LogP contribution in [0.5, 0.6) is 11.5 Å². The molecule has 1 heterocycles. The van der Waals surface area contributed by atoms with Crippen molar-refractivity contribution in [2.24, 2.45) is 4.99 Å². The third-order valence-electron chi connectivity index (χ3n) is 5.46. The number of methoxy groups -OCH3 is 1. The van der Waals surface area contributed by atoms with Gasteiger partial charge in [0.25, 0.3) is 0 Å². The maximum Gasteiger partial charge on any atom is 0.227 e. The smallest absolute Gasteiger partial charge is 0.227 e. The number of aromatic hydroxyl groups is 1. The number of rotatable bonds is 6. The molecule has 4 rings (SSSR count). The summed E-state index contributed by atoms with van der Waals surface area (Å²) in [7, 11) is 1.51. The highest BCUT2D eigenvalue weighted by molar-refractivity contribution is 9.13. The number of fused-ring (bicyclic) bond motifs is 1. The predicted octanol–water partition coefficient (Wildman–Crippen LogP) is 8.00. The molecule has 0 aliphatic rings. The van der Waals surface area contributed by atoms with Gasteiger partial charge in [0.15, 0.2) is 17.1 Å². The van der Waals surface area contributed by atoms with Crippen LogP contribution in [0.25, 0.3) is 22.6 Å². The van der Waals surface area contributed by atoms with Gasteiger partial charge < -0.3 is 14.3 Å². The van der Waals surface area contributed by atoms with Crippen LogP contribution in [0.1, 0.15) is 37.3 Å². The SMILES string of the molecule is CCC(C)c1ccc2oc(-c3ccc(N=Cc4c(O)c(OC)cc(Br)c4Br)cc3)nc2c1. The molecule has 3 aromatic carbocycles. The van der Waals surface area contributed by atoms with E-state index in [1.54, 1.807) is 12.3 Å². The fourth-order valence-electron chi connectivity index (χ4n) is 3.32. The first-order valence-corrected chi connectivity index (χ1v) is 11.8. The standard InChI is InChI=1S/C25H22Br2N2O3/c1-4-14(2)16-7-10-21-20(11-16)29-25(32-21)15-5-8-17(9-6-15)28-13-18-23(27)19(26)12-22(31-3)24(18)30/h5-14,30H,4H2,1-3H3. The van der Waals surface area contributed by atoms with Gasteiger partial charge in [-0.2, -0.15) is 0 Å². The molecule has 0 bridgehead atoms. The van der Waals surface area contributed by atoms with Crippen LogP contribution in [-0.2, 0) is 0 Å². The van der Waals surface area contributed by atoms with E-state index in [4.69, 9.17) is 9.15 Å². The molecule has 5 nitrogen and oxygen atoms in total. The summed E-state index contributed by atoms with van der Waals surface area (Å²) in [6.45, 7) is 4.39. The topological polar surface area (TPSA) is 67.9 Å². The minimum atomic E-state index is 0.0196. The summed E-state index contributed by atoms with van der Waals surface area (Å²) in [6, 6.07) is 15.5. The van der Waals surface area contributed by atoms with Gasteiger partial charge in [-0.3, -0.25) is 4.99 Å². The van der Waals surface area contributed by atoms with Gasteiger partial charge in [-0.15, -0.1) is 0 Å². The number of oxazole rings is 1. The van der Waals surface area contributed by atoms with Crippen molar-refractivity contribution >= 4 is 54.9 Å². The van der Waals surface area contributed by atoms with Gasteiger partial charge in [0.1, 0.15) is 5.52 Å². The van der Waals surface area contributed by atoms with Gasteiger partial charge in [0.05, 0.1) is 18.4 Å². The quantitative estimate of drug-likeness (QED) is 0.244. The zero-order valence-electron chi connectivity index (χ0n) is 17.9. The predicted molar refractivity (Wildman–Crippen MR) is 135 cm³/mol. The second-order valence-corrected chi connectivity index (χ2v) is 9.14. The summed E-state index contributed by atoms with van der Waals surface area (Å²) in [4.78, 5) is 9.16. The zero-order valence-corrected chi connectivity index (χ0v) is 21.1. The molecule has 1 unspecified atom stereocenters. The first-order chi connectivity index (χ1) is 15.4. The summed E-state index contributed by atoms with van der Waals surface area (Å²) in [5.41, 5.74) is 5.04. The van der Waals surface area contributed by atoms with E-state index in [0.717, 1.165) is 33.2 Å². The molecular weight excluding hydrogens is 536 g/mol. The molecule has 0 saturated carbocycles. The molecule has 0 amide bonds. The van der Waals surface area contributed by atoms with E-state index in [2.05, 4.69) is 67.8 Å². The van der Waals surface area contributed by atoms with E-state index >= 15 is 0 Å². The molecule has 0 aliphatic carbocycles. The van der Waals surface area contributed by atoms with Gasteiger partial charge in [-0.25, -0.2) is 4.98 Å². The maximum absolute atomic E-state index is 10.4. The second-order valence-electron chi connectivity index (χ2n) is 7.50. The van der Waals surface area contributed by atoms with E-state index in [9.17, 15) is 5.11 Å². The summed E-state index contributed by atoms with van der Waals surface area (Å²) in [5.74, 6) is 1.45. The molecule has 1 aromatic heterocycles. The summed E-state index contributed by atoms with van der Waals surface area (Å²) >= 11 is 6.92. The maximum atomic E-state index is 10.4. The second kappa shape index (κ2) is 9.46. The van der Waals surface area contributed by atoms with Crippen LogP contribution in [0.2, 0.25) is 0 Å². The molecule has 4 aromatic rings. The largest absolute Gasteiger partial charge is 0.504 e. The van der Waals surface area contributed by atoms with E-state index in [1.165, 1.54) is 12.7 Å². The fourth-order valence-corrected chi connectivity index (χ4v) is 4.15. The third-order valence-corrected chi connectivity index (χ3v) is 7.47. The number of hydrogen-bond donors (Lipinski definition) is 1. The van der Waals surface area contributed by atoms with Gasteiger partial charge in [-0.05, 0) is 92.2 Å². The molecule has 32 heavy (non-hydrogen) atoms. The Kier molecular flexibility index (Phi) is 6.67. The van der Waals surface area contributed by atoms with E-state index in [-0.39, 0.29) is 5.75 Å². The summed E-state index contributed by atoms with van der Waals surface area (Å²) in [6.07, 6.45) is 2.68. The molecule has 0 fully saturated rings. The molecule has 0 spiro atoms. The third kappa shape index (κ3) is 4.45. The van der Waals surface area contributed by atoms with Crippen LogP contribution in [-0.4, -0.2) is 23.4 Å². The first kappa shape index (κ1) is 22.6. The van der Waals surface area contributed by atoms with Crippen LogP contribution in [0.15, 0.2) is 66.9 Å². The Morgan fingerprint density at radius 3 is 2.59 bits per heavy atom. The van der Waals surface area contributed by atoms with Crippen LogP contribution in [0.4, 0.5) is 5.69 Å². The number of nitrogens with zero attached hydrogens (tertiary/aromatic N) is 2. The van der Waals surface area contributed by atoms with Crippen molar-refractivity contribution in [2.45, 2.75) is 26.2 Å². The van der Waals surface area contributed by atoms with Crippen molar-refractivity contribution in [1.82, 2.24) is 4.98 Å². The lowest BCUT2D eigenvalue weighted by molar-refractivity contribution is 0.372. The number of aliphatic imine (C=N–C) groups is 1. The lowest BCUT2D eigenvalue weighted by Crippen LogP contribution is -1.91. The monoisotopic (exact) mass is 556 g/mol. The van der Waals surface area contributed by atoms with Crippen molar-refractivity contribution in [3.63, 3.8) is 0 Å². The van der Waals surface area contributed by atoms with Gasteiger partial charge in [0.2, 0.25) is 5.89 Å². The molecule has 1 atom stereocenters. The van der Waals surface area contributed by atoms with Crippen molar-refractivity contribution < 1.29 is 14.3 Å². The van der Waals surface area contributed by atoms with Crippen LogP contribution in [0.3, 0.4) is 0 Å². The highest BCUT2D eigenvalue weighted by Crippen LogP contribution is 2.39. The van der Waals surface area contributed by atoms with Crippen molar-refractivity contribution in [3.8, 4) is 23.0 Å². The number of hydrogen-bond acceptors (Lipinski definition) is 5. The normalized spacial score (nSPS) is 12.5. The number of ether oxygens (including phenoxy) is 1. The molecule has 7 heteroatoms. The fraction of sp³-hybridized carbons (Fsp3) is 0.200. The minimum Gasteiger partial charge on any atom is -0.504 e. The molecule has 1 N–H and O–H groups in total. The van der Waals surface area contributed by atoms with E-state index < -0.39 is 0 Å². The molecule has 0 saturated heterocycles. The lowest BCUT2D eigenvalue weighted by atomic mass is 9.98. The average Bonchev–Trinajstić information content (AvgIpc) is 3.24. The zero-order chi connectivity index (χ0) is 22.8. The molecule has 0 aliphatic heterocycles. The lowest BCUT2D eigenvalue weighted by Gasteiger charge is -2.09. The Bertz CT molecular complexity index is 1300. The number of phenolic OH excluding ortho intramolecular Hbond substituents is 1. The van der Waals surface area contributed by atoms with Gasteiger partial charge in [-0.1, -0.05) is 19.9 Å². The summed E-state index contributed by atoms with van der Waals surface area (Å²) in [5, 5.41) is 10.4. The number of benzene rings is 3. The van der Waals surface area contributed by atoms with E-state index in [1.807, 2.05) is 30.3 Å². The van der Waals surface area contributed by atoms with E-state index in [0.29, 0.717) is 27.6 Å². The van der Waals surface area contributed by atoms with Crippen molar-refractivity contribution in [3.05, 3.63) is 68.6 Å². The Morgan fingerprint density at radius 1 is 1.16 bits per heavy atom. The Balaban J connectivity index is 1.60.